The molecule has 218 valence electrons. The van der Waals surface area contributed by atoms with E-state index in [0.717, 1.165) is 56.8 Å². The highest BCUT2D eigenvalue weighted by Gasteiger charge is 2.42. The first-order valence-electron chi connectivity index (χ1n) is 14.5. The molecule has 1 N–H and O–H groups in total. The van der Waals surface area contributed by atoms with Crippen LogP contribution < -0.4 is 14.8 Å². The van der Waals surface area contributed by atoms with Gasteiger partial charge in [-0.05, 0) is 66.3 Å². The maximum atomic E-state index is 15.8. The Kier molecular flexibility index (Phi) is 7.72. The van der Waals surface area contributed by atoms with E-state index in [1.165, 1.54) is 17.0 Å². The van der Waals surface area contributed by atoms with E-state index in [1.807, 2.05) is 36.4 Å². The lowest BCUT2D eigenvalue weighted by atomic mass is 9.69. The monoisotopic (exact) mass is 568 g/mol. The first-order chi connectivity index (χ1) is 19.7. The van der Waals surface area contributed by atoms with E-state index in [-0.39, 0.29) is 29.4 Å². The number of fused-ring (bicyclic) bond motifs is 1. The molecular formula is C33H36F4N2O2. The number of benzene rings is 3. The Morgan fingerprint density at radius 3 is 2.44 bits per heavy atom. The Morgan fingerprint density at radius 2 is 1.76 bits per heavy atom. The Hall–Kier alpha value is -3.10. The number of halogens is 4. The third-order valence-electron chi connectivity index (χ3n) is 8.69. The van der Waals surface area contributed by atoms with Crippen LogP contribution in [0, 0.1) is 17.0 Å². The summed E-state index contributed by atoms with van der Waals surface area (Å²) in [6, 6.07) is 16.5. The second-order valence-corrected chi connectivity index (χ2v) is 12.1. The summed E-state index contributed by atoms with van der Waals surface area (Å²) < 4.78 is 72.1. The number of hydrogen-bond donors (Lipinski definition) is 1. The summed E-state index contributed by atoms with van der Waals surface area (Å²) in [5.74, 6) is -3.84. The lowest BCUT2D eigenvalue weighted by Gasteiger charge is -2.47. The summed E-state index contributed by atoms with van der Waals surface area (Å²) in [5, 5.41) is 3.32. The van der Waals surface area contributed by atoms with Crippen LogP contribution in [0.2, 0.25) is 0 Å². The standard InChI is InChI=1S/C33H36F4N2O2/c1-32(36,37)21-39-13-11-23-14-24(40-18-22-6-3-2-4-7-22)9-10-27(23)31(39)30-28(34)15-26(16-29(30)35)41-25-8-5-12-33(17-25)19-38-20-33/h2-4,6-7,9-10,14-16,25,31,38H,5,8,11-13,17-21H2,1H3. The molecule has 1 saturated heterocycles. The van der Waals surface area contributed by atoms with E-state index in [1.54, 1.807) is 12.1 Å². The number of alkyl halides is 2. The van der Waals surface area contributed by atoms with Gasteiger partial charge in [0.25, 0.3) is 5.92 Å². The third kappa shape index (κ3) is 6.24. The van der Waals surface area contributed by atoms with Crippen LogP contribution in [0.3, 0.4) is 0 Å². The number of hydrogen-bond acceptors (Lipinski definition) is 4. The molecule has 0 bridgehead atoms. The van der Waals surface area contributed by atoms with Crippen LogP contribution in [0.15, 0.2) is 60.7 Å². The molecule has 3 aromatic carbocycles. The maximum absolute atomic E-state index is 15.8. The number of ether oxygens (including phenoxy) is 2. The van der Waals surface area contributed by atoms with Crippen LogP contribution >= 0.6 is 0 Å². The zero-order valence-electron chi connectivity index (χ0n) is 23.3. The van der Waals surface area contributed by atoms with Gasteiger partial charge in [-0.25, -0.2) is 17.6 Å². The molecule has 6 rings (SSSR count). The minimum absolute atomic E-state index is 0.101. The number of nitrogens with one attached hydrogen (secondary N) is 1. The van der Waals surface area contributed by atoms with E-state index in [4.69, 9.17) is 9.47 Å². The quantitative estimate of drug-likeness (QED) is 0.295. The molecule has 4 nitrogen and oxygen atoms in total. The molecule has 1 aliphatic carbocycles. The average Bonchev–Trinajstić information content (AvgIpc) is 2.91. The Labute approximate surface area is 238 Å². The summed E-state index contributed by atoms with van der Waals surface area (Å²) in [5.41, 5.74) is 2.44. The van der Waals surface area contributed by atoms with Gasteiger partial charge in [0, 0.05) is 44.3 Å². The Morgan fingerprint density at radius 1 is 1.00 bits per heavy atom. The van der Waals surface area contributed by atoms with Crippen molar-refractivity contribution in [3.8, 4) is 11.5 Å². The van der Waals surface area contributed by atoms with Crippen LogP contribution in [-0.2, 0) is 13.0 Å². The highest BCUT2D eigenvalue weighted by molar-refractivity contribution is 5.46. The topological polar surface area (TPSA) is 33.7 Å². The van der Waals surface area contributed by atoms with Crippen molar-refractivity contribution < 1.29 is 27.0 Å². The summed E-state index contributed by atoms with van der Waals surface area (Å²) >= 11 is 0. The van der Waals surface area contributed by atoms with Crippen LogP contribution in [0.1, 0.15) is 60.9 Å². The zero-order chi connectivity index (χ0) is 28.6. The highest BCUT2D eigenvalue weighted by atomic mass is 19.3. The van der Waals surface area contributed by atoms with Crippen molar-refractivity contribution in [2.45, 2.75) is 63.7 Å². The summed E-state index contributed by atoms with van der Waals surface area (Å²) in [6.45, 7) is 2.73. The van der Waals surface area contributed by atoms with Crippen molar-refractivity contribution in [2.75, 3.05) is 26.2 Å². The fourth-order valence-electron chi connectivity index (χ4n) is 6.73. The molecule has 41 heavy (non-hydrogen) atoms. The molecule has 2 atom stereocenters. The summed E-state index contributed by atoms with van der Waals surface area (Å²) in [7, 11) is 0. The molecule has 1 spiro atoms. The first-order valence-corrected chi connectivity index (χ1v) is 14.5. The smallest absolute Gasteiger partial charge is 0.257 e. The van der Waals surface area contributed by atoms with Crippen molar-refractivity contribution in [3.05, 3.63) is 94.6 Å². The van der Waals surface area contributed by atoms with Gasteiger partial charge in [-0.1, -0.05) is 36.4 Å². The van der Waals surface area contributed by atoms with Gasteiger partial charge in [0.2, 0.25) is 0 Å². The molecule has 0 radical (unpaired) electrons. The van der Waals surface area contributed by atoms with Gasteiger partial charge in [0.1, 0.15) is 29.7 Å². The fourth-order valence-corrected chi connectivity index (χ4v) is 6.73. The van der Waals surface area contributed by atoms with Crippen LogP contribution in [0.4, 0.5) is 17.6 Å². The van der Waals surface area contributed by atoms with Crippen molar-refractivity contribution in [2.24, 2.45) is 5.41 Å². The normalized spacial score (nSPS) is 22.2. The molecule has 2 aliphatic heterocycles. The second kappa shape index (κ2) is 11.3. The molecule has 0 amide bonds. The van der Waals surface area contributed by atoms with Gasteiger partial charge in [0.05, 0.1) is 18.7 Å². The predicted octanol–water partition coefficient (Wildman–Crippen LogP) is 7.06. The van der Waals surface area contributed by atoms with E-state index in [0.29, 0.717) is 24.3 Å². The predicted molar refractivity (Wildman–Crippen MR) is 150 cm³/mol. The number of rotatable bonds is 8. The second-order valence-electron chi connectivity index (χ2n) is 12.1. The molecule has 3 aliphatic rings. The van der Waals surface area contributed by atoms with Crippen molar-refractivity contribution in [3.63, 3.8) is 0 Å². The molecule has 3 aromatic rings. The van der Waals surface area contributed by atoms with E-state index < -0.39 is 30.1 Å². The first kappa shape index (κ1) is 28.0. The largest absolute Gasteiger partial charge is 0.490 e. The fraction of sp³-hybridized carbons (Fsp3) is 0.455. The van der Waals surface area contributed by atoms with Crippen LogP contribution in [-0.4, -0.2) is 43.1 Å². The van der Waals surface area contributed by atoms with Crippen LogP contribution in [0.25, 0.3) is 0 Å². The lowest BCUT2D eigenvalue weighted by molar-refractivity contribution is -0.0246. The molecule has 2 fully saturated rings. The average molecular weight is 569 g/mol. The molecule has 0 aromatic heterocycles. The molecule has 1 saturated carbocycles. The van der Waals surface area contributed by atoms with E-state index >= 15 is 8.78 Å². The maximum Gasteiger partial charge on any atom is 0.257 e. The van der Waals surface area contributed by atoms with E-state index in [9.17, 15) is 8.78 Å². The Bertz CT molecular complexity index is 1350. The third-order valence-corrected chi connectivity index (χ3v) is 8.69. The van der Waals surface area contributed by atoms with Gasteiger partial charge in [-0.15, -0.1) is 0 Å². The van der Waals surface area contributed by atoms with Crippen molar-refractivity contribution >= 4 is 0 Å². The Balaban J connectivity index is 1.27. The van der Waals surface area contributed by atoms with Crippen molar-refractivity contribution in [1.82, 2.24) is 10.2 Å². The van der Waals surface area contributed by atoms with Gasteiger partial charge in [0.15, 0.2) is 0 Å². The minimum Gasteiger partial charge on any atom is -0.490 e. The summed E-state index contributed by atoms with van der Waals surface area (Å²) in [4.78, 5) is 1.48. The number of nitrogens with zero attached hydrogens (tertiary/aromatic N) is 1. The van der Waals surface area contributed by atoms with Gasteiger partial charge >= 0.3 is 0 Å². The van der Waals surface area contributed by atoms with E-state index in [2.05, 4.69) is 5.32 Å². The highest BCUT2D eigenvalue weighted by Crippen LogP contribution is 2.43. The van der Waals surface area contributed by atoms with Gasteiger partial charge in [-0.2, -0.15) is 0 Å². The summed E-state index contributed by atoms with van der Waals surface area (Å²) in [6.07, 6.45) is 4.22. The van der Waals surface area contributed by atoms with Crippen molar-refractivity contribution in [1.29, 1.82) is 0 Å². The molecule has 2 heterocycles. The molecular weight excluding hydrogens is 532 g/mol. The molecule has 8 heteroatoms. The van der Waals surface area contributed by atoms with Gasteiger partial charge < -0.3 is 14.8 Å². The molecule has 2 unspecified atom stereocenters. The SMILES string of the molecule is CC(F)(F)CN1CCc2cc(OCc3ccccc3)ccc2C1c1c(F)cc(OC2CCCC3(CNC3)C2)cc1F. The lowest BCUT2D eigenvalue weighted by Crippen LogP contribution is -2.56. The van der Waals surface area contributed by atoms with Gasteiger partial charge in [-0.3, -0.25) is 4.90 Å². The van der Waals surface area contributed by atoms with Crippen LogP contribution in [0.5, 0.6) is 11.5 Å². The zero-order valence-corrected chi connectivity index (χ0v) is 23.3. The minimum atomic E-state index is -3.03.